The topological polar surface area (TPSA) is 55.6 Å². The van der Waals surface area contributed by atoms with Crippen LogP contribution in [0, 0.1) is 0 Å². The molecular formula is C12H17N5. The number of aryl methyl sites for hydroxylation is 2. The van der Waals surface area contributed by atoms with E-state index in [-0.39, 0.29) is 0 Å². The lowest BCUT2D eigenvalue weighted by Gasteiger charge is -2.07. The van der Waals surface area contributed by atoms with Gasteiger partial charge in [0, 0.05) is 38.5 Å². The molecule has 2 aromatic rings. The smallest absolute Gasteiger partial charge is 0.158 e. The van der Waals surface area contributed by atoms with Crippen LogP contribution in [0.1, 0.15) is 19.7 Å². The molecule has 0 aliphatic carbocycles. The molecule has 90 valence electrons. The lowest BCUT2D eigenvalue weighted by atomic mass is 10.3. The van der Waals surface area contributed by atoms with Crippen molar-refractivity contribution in [1.29, 1.82) is 0 Å². The van der Waals surface area contributed by atoms with Gasteiger partial charge in [0.1, 0.15) is 17.3 Å². The van der Waals surface area contributed by atoms with E-state index in [1.165, 1.54) is 0 Å². The third kappa shape index (κ3) is 2.27. The summed E-state index contributed by atoms with van der Waals surface area (Å²) in [4.78, 5) is 13.2. The van der Waals surface area contributed by atoms with Gasteiger partial charge in [0.05, 0.1) is 0 Å². The van der Waals surface area contributed by atoms with Crippen molar-refractivity contribution in [3.05, 3.63) is 24.3 Å². The van der Waals surface area contributed by atoms with Gasteiger partial charge in [0.25, 0.3) is 0 Å². The van der Waals surface area contributed by atoms with Gasteiger partial charge in [-0.25, -0.2) is 15.0 Å². The number of imidazole rings is 1. The quantitative estimate of drug-likeness (QED) is 0.874. The zero-order chi connectivity index (χ0) is 12.3. The summed E-state index contributed by atoms with van der Waals surface area (Å²) in [6.45, 7) is 5.02. The first-order valence-electron chi connectivity index (χ1n) is 5.85. The van der Waals surface area contributed by atoms with Crippen molar-refractivity contribution >= 4 is 5.82 Å². The first-order valence-corrected chi connectivity index (χ1v) is 5.85. The summed E-state index contributed by atoms with van der Waals surface area (Å²) in [6.07, 6.45) is 4.57. The number of aromatic nitrogens is 4. The van der Waals surface area contributed by atoms with E-state index in [1.54, 1.807) is 6.20 Å². The minimum atomic E-state index is 0.815. The average molecular weight is 231 g/mol. The van der Waals surface area contributed by atoms with Crippen molar-refractivity contribution < 1.29 is 0 Å². The minimum absolute atomic E-state index is 0.815. The van der Waals surface area contributed by atoms with Gasteiger partial charge in [-0.2, -0.15) is 0 Å². The van der Waals surface area contributed by atoms with Crippen molar-refractivity contribution in [1.82, 2.24) is 19.5 Å². The fourth-order valence-corrected chi connectivity index (χ4v) is 1.70. The molecule has 0 amide bonds. The maximum atomic E-state index is 4.52. The molecular weight excluding hydrogens is 214 g/mol. The number of hydrogen-bond donors (Lipinski definition) is 1. The normalized spacial score (nSPS) is 10.5. The Hall–Kier alpha value is -1.91. The van der Waals surface area contributed by atoms with Crippen LogP contribution in [0.3, 0.4) is 0 Å². The molecule has 5 nitrogen and oxygen atoms in total. The van der Waals surface area contributed by atoms with Crippen molar-refractivity contribution in [3.63, 3.8) is 0 Å². The highest BCUT2D eigenvalue weighted by Crippen LogP contribution is 2.18. The Labute approximate surface area is 101 Å². The number of nitrogens with one attached hydrogen (secondary N) is 1. The molecule has 17 heavy (non-hydrogen) atoms. The highest BCUT2D eigenvalue weighted by atomic mass is 15.1. The van der Waals surface area contributed by atoms with E-state index in [2.05, 4.69) is 31.8 Å². The van der Waals surface area contributed by atoms with Crippen molar-refractivity contribution in [2.75, 3.05) is 12.4 Å². The molecule has 0 aliphatic rings. The Morgan fingerprint density at radius 2 is 2.12 bits per heavy atom. The van der Waals surface area contributed by atoms with E-state index in [4.69, 9.17) is 0 Å². The first-order chi connectivity index (χ1) is 8.28. The van der Waals surface area contributed by atoms with Gasteiger partial charge in [-0.05, 0) is 6.92 Å². The maximum Gasteiger partial charge on any atom is 0.158 e. The standard InChI is InChI=1S/C12H17N5/c1-4-10-15-9(8-11(13-3)16-10)12-14-6-7-17(12)5-2/h6-8H,4-5H2,1-3H3,(H,13,15,16). The van der Waals surface area contributed by atoms with Crippen LogP contribution in [0.25, 0.3) is 11.5 Å². The molecule has 0 atom stereocenters. The molecule has 0 saturated heterocycles. The molecule has 0 spiro atoms. The molecule has 5 heteroatoms. The van der Waals surface area contributed by atoms with Gasteiger partial charge < -0.3 is 9.88 Å². The maximum absolute atomic E-state index is 4.52. The van der Waals surface area contributed by atoms with E-state index >= 15 is 0 Å². The van der Waals surface area contributed by atoms with Crippen LogP contribution in [0.15, 0.2) is 18.5 Å². The third-order valence-electron chi connectivity index (χ3n) is 2.63. The lowest BCUT2D eigenvalue weighted by Crippen LogP contribution is -2.04. The first kappa shape index (κ1) is 11.6. The molecule has 0 saturated carbocycles. The van der Waals surface area contributed by atoms with E-state index in [9.17, 15) is 0 Å². The number of hydrogen-bond acceptors (Lipinski definition) is 4. The fourth-order valence-electron chi connectivity index (χ4n) is 1.70. The van der Waals surface area contributed by atoms with Crippen molar-refractivity contribution in [2.45, 2.75) is 26.8 Å². The summed E-state index contributed by atoms with van der Waals surface area (Å²) >= 11 is 0. The van der Waals surface area contributed by atoms with Gasteiger partial charge in [-0.15, -0.1) is 0 Å². The van der Waals surface area contributed by atoms with Crippen LogP contribution >= 0.6 is 0 Å². The van der Waals surface area contributed by atoms with Crippen LogP contribution in [-0.2, 0) is 13.0 Å². The molecule has 1 N–H and O–H groups in total. The van der Waals surface area contributed by atoms with E-state index in [1.807, 2.05) is 26.2 Å². The van der Waals surface area contributed by atoms with E-state index in [0.29, 0.717) is 0 Å². The molecule has 0 aromatic carbocycles. The van der Waals surface area contributed by atoms with Crippen molar-refractivity contribution in [3.8, 4) is 11.5 Å². The van der Waals surface area contributed by atoms with Crippen LogP contribution in [0.2, 0.25) is 0 Å². The third-order valence-corrected chi connectivity index (χ3v) is 2.63. The largest absolute Gasteiger partial charge is 0.373 e. The SMILES string of the molecule is CCc1nc(NC)cc(-c2nccn2CC)n1. The van der Waals surface area contributed by atoms with Gasteiger partial charge in [0.15, 0.2) is 5.82 Å². The van der Waals surface area contributed by atoms with Gasteiger partial charge in [-0.3, -0.25) is 0 Å². The van der Waals surface area contributed by atoms with Crippen LogP contribution in [-0.4, -0.2) is 26.6 Å². The molecule has 0 unspecified atom stereocenters. The Kier molecular flexibility index (Phi) is 3.37. The van der Waals surface area contributed by atoms with Crippen LogP contribution < -0.4 is 5.32 Å². The zero-order valence-corrected chi connectivity index (χ0v) is 10.4. The summed E-state index contributed by atoms with van der Waals surface area (Å²) in [5.41, 5.74) is 0.869. The zero-order valence-electron chi connectivity index (χ0n) is 10.4. The predicted molar refractivity (Wildman–Crippen MR) is 67.9 cm³/mol. The Bertz CT molecular complexity index is 481. The summed E-state index contributed by atoms with van der Waals surface area (Å²) < 4.78 is 2.07. The second kappa shape index (κ2) is 4.95. The molecule has 2 heterocycles. The number of rotatable bonds is 4. The summed E-state index contributed by atoms with van der Waals surface area (Å²) in [6, 6.07) is 1.92. The molecule has 0 aliphatic heterocycles. The predicted octanol–water partition coefficient (Wildman–Crippen LogP) is 1.96. The molecule has 2 rings (SSSR count). The Morgan fingerprint density at radius 3 is 2.76 bits per heavy atom. The number of nitrogens with zero attached hydrogens (tertiary/aromatic N) is 4. The lowest BCUT2D eigenvalue weighted by molar-refractivity contribution is 0.765. The number of anilines is 1. The van der Waals surface area contributed by atoms with Gasteiger partial charge in [-0.1, -0.05) is 6.92 Å². The monoisotopic (exact) mass is 231 g/mol. The molecule has 2 aromatic heterocycles. The average Bonchev–Trinajstić information content (AvgIpc) is 2.86. The Morgan fingerprint density at radius 1 is 1.29 bits per heavy atom. The molecule has 0 bridgehead atoms. The Balaban J connectivity index is 2.51. The van der Waals surface area contributed by atoms with Crippen LogP contribution in [0.5, 0.6) is 0 Å². The van der Waals surface area contributed by atoms with Crippen molar-refractivity contribution in [2.24, 2.45) is 0 Å². The molecule has 0 radical (unpaired) electrons. The summed E-state index contributed by atoms with van der Waals surface area (Å²) in [7, 11) is 1.86. The summed E-state index contributed by atoms with van der Waals surface area (Å²) in [5, 5.41) is 3.05. The second-order valence-electron chi connectivity index (χ2n) is 3.70. The molecule has 0 fully saturated rings. The fraction of sp³-hybridized carbons (Fsp3) is 0.417. The second-order valence-corrected chi connectivity index (χ2v) is 3.70. The highest BCUT2D eigenvalue weighted by Gasteiger charge is 2.09. The van der Waals surface area contributed by atoms with Gasteiger partial charge in [0.2, 0.25) is 0 Å². The minimum Gasteiger partial charge on any atom is -0.373 e. The summed E-state index contributed by atoms with van der Waals surface area (Å²) in [5.74, 6) is 2.55. The van der Waals surface area contributed by atoms with Gasteiger partial charge >= 0.3 is 0 Å². The highest BCUT2D eigenvalue weighted by molar-refractivity contribution is 5.55. The van der Waals surface area contributed by atoms with Crippen LogP contribution in [0.4, 0.5) is 5.82 Å². The van der Waals surface area contributed by atoms with E-state index in [0.717, 1.165) is 36.1 Å². The van der Waals surface area contributed by atoms with E-state index < -0.39 is 0 Å².